The minimum atomic E-state index is -3.75. The number of hydrogen-bond donors (Lipinski definition) is 1. The molecule has 2 rings (SSSR count). The number of carbonyl (C=O) groups is 1. The summed E-state index contributed by atoms with van der Waals surface area (Å²) in [6.45, 7) is 7.78. The van der Waals surface area contributed by atoms with Gasteiger partial charge in [0.2, 0.25) is 15.9 Å². The van der Waals surface area contributed by atoms with Crippen molar-refractivity contribution in [1.29, 1.82) is 0 Å². The fourth-order valence-electron chi connectivity index (χ4n) is 3.39. The number of sulfonamides is 1. The van der Waals surface area contributed by atoms with E-state index >= 15 is 0 Å². The highest BCUT2D eigenvalue weighted by molar-refractivity contribution is 7.98. The summed E-state index contributed by atoms with van der Waals surface area (Å²) in [6, 6.07) is 10.4. The van der Waals surface area contributed by atoms with Gasteiger partial charge < -0.3 is 10.1 Å². The zero-order valence-corrected chi connectivity index (χ0v) is 20.9. The monoisotopic (exact) mass is 464 g/mol. The first-order chi connectivity index (χ1) is 14.5. The maximum Gasteiger partial charge on any atom is 0.243 e. The number of nitrogens with one attached hydrogen (secondary N) is 1. The summed E-state index contributed by atoms with van der Waals surface area (Å²) in [5, 5.41) is 2.92. The van der Waals surface area contributed by atoms with Gasteiger partial charge in [-0.25, -0.2) is 8.42 Å². The van der Waals surface area contributed by atoms with Crippen LogP contribution < -0.4 is 10.1 Å². The number of thioether (sulfide) groups is 1. The van der Waals surface area contributed by atoms with Gasteiger partial charge in [0.25, 0.3) is 0 Å². The molecule has 1 unspecified atom stereocenters. The summed E-state index contributed by atoms with van der Waals surface area (Å²) < 4.78 is 32.1. The third-order valence-corrected chi connectivity index (χ3v) is 7.78. The number of carbonyl (C=O) groups excluding carboxylic acids is 1. The molecule has 0 heterocycles. The van der Waals surface area contributed by atoms with Gasteiger partial charge in [-0.15, -0.1) is 11.8 Å². The molecule has 8 heteroatoms. The summed E-state index contributed by atoms with van der Waals surface area (Å²) in [6.07, 6.45) is 1.93. The highest BCUT2D eigenvalue weighted by Crippen LogP contribution is 2.32. The van der Waals surface area contributed by atoms with E-state index in [4.69, 9.17) is 4.74 Å². The fraction of sp³-hybridized carbons (Fsp3) is 0.435. The van der Waals surface area contributed by atoms with Crippen molar-refractivity contribution >= 4 is 27.7 Å². The van der Waals surface area contributed by atoms with E-state index < -0.39 is 10.0 Å². The second-order valence-electron chi connectivity index (χ2n) is 7.83. The minimum Gasteiger partial charge on any atom is -0.496 e. The van der Waals surface area contributed by atoms with E-state index in [9.17, 15) is 13.2 Å². The number of amides is 1. The fourth-order valence-corrected chi connectivity index (χ4v) is 4.93. The molecule has 6 nitrogen and oxygen atoms in total. The number of benzene rings is 2. The number of rotatable bonds is 9. The largest absolute Gasteiger partial charge is 0.496 e. The topological polar surface area (TPSA) is 75.7 Å². The van der Waals surface area contributed by atoms with Crippen molar-refractivity contribution in [2.24, 2.45) is 0 Å². The van der Waals surface area contributed by atoms with E-state index in [1.165, 1.54) is 18.8 Å². The Bertz CT molecular complexity index is 1020. The summed E-state index contributed by atoms with van der Waals surface area (Å²) in [5.74, 6) is 0.736. The van der Waals surface area contributed by atoms with Crippen molar-refractivity contribution in [1.82, 2.24) is 9.62 Å². The number of likely N-dealkylation sites (N-methyl/N-ethyl adjacent to an activating group) is 1. The third kappa shape index (κ3) is 6.02. The van der Waals surface area contributed by atoms with Gasteiger partial charge in [-0.3, -0.25) is 4.79 Å². The van der Waals surface area contributed by atoms with Crippen LogP contribution in [0.25, 0.3) is 0 Å². The van der Waals surface area contributed by atoms with Gasteiger partial charge in [-0.05, 0) is 79.1 Å². The average Bonchev–Trinajstić information content (AvgIpc) is 2.72. The Labute approximate surface area is 190 Å². The highest BCUT2D eigenvalue weighted by Gasteiger charge is 2.24. The lowest BCUT2D eigenvalue weighted by Gasteiger charge is -2.22. The molecule has 31 heavy (non-hydrogen) atoms. The van der Waals surface area contributed by atoms with Gasteiger partial charge in [0.15, 0.2) is 0 Å². The Morgan fingerprint density at radius 2 is 1.74 bits per heavy atom. The van der Waals surface area contributed by atoms with Crippen LogP contribution in [0.2, 0.25) is 0 Å². The zero-order chi connectivity index (χ0) is 23.3. The van der Waals surface area contributed by atoms with Crippen molar-refractivity contribution in [3.05, 3.63) is 53.1 Å². The van der Waals surface area contributed by atoms with Crippen molar-refractivity contribution in [3.63, 3.8) is 0 Å². The standard InChI is InChI=1S/C23H32N2O4S2/c1-15(2)20-13-21(16(3)12-22(20)29-6)17(4)24-23(26)14-25(5)31(27,28)19-10-8-18(30-7)9-11-19/h8-13,15,17H,14H2,1-7H3,(H,24,26). The maximum atomic E-state index is 12.8. The van der Waals surface area contributed by atoms with Gasteiger partial charge in [0.05, 0.1) is 24.6 Å². The van der Waals surface area contributed by atoms with Crippen molar-refractivity contribution in [3.8, 4) is 5.75 Å². The SMILES string of the molecule is COc1cc(C)c(C(C)NC(=O)CN(C)S(=O)(=O)c2ccc(SC)cc2)cc1C(C)C. The predicted octanol–water partition coefficient (Wildman–Crippen LogP) is 4.35. The van der Waals surface area contributed by atoms with Crippen LogP contribution >= 0.6 is 11.8 Å². The number of methoxy groups -OCH3 is 1. The van der Waals surface area contributed by atoms with Crippen LogP contribution in [0, 0.1) is 6.92 Å². The summed E-state index contributed by atoms with van der Waals surface area (Å²) in [7, 11) is -0.684. The molecule has 1 N–H and O–H groups in total. The van der Waals surface area contributed by atoms with Crippen molar-refractivity contribution < 1.29 is 17.9 Å². The van der Waals surface area contributed by atoms with Crippen molar-refractivity contribution in [2.75, 3.05) is 27.0 Å². The molecule has 1 amide bonds. The molecular formula is C23H32N2O4S2. The molecule has 1 atom stereocenters. The Balaban J connectivity index is 2.13. The molecule has 0 aliphatic heterocycles. The van der Waals surface area contributed by atoms with Gasteiger partial charge in [-0.1, -0.05) is 13.8 Å². The number of hydrogen-bond acceptors (Lipinski definition) is 5. The van der Waals surface area contributed by atoms with E-state index in [-0.39, 0.29) is 29.3 Å². The first-order valence-electron chi connectivity index (χ1n) is 10.1. The molecule has 0 radical (unpaired) electrons. The third-order valence-electron chi connectivity index (χ3n) is 5.22. The molecular weight excluding hydrogens is 432 g/mol. The smallest absolute Gasteiger partial charge is 0.243 e. The lowest BCUT2D eigenvalue weighted by molar-refractivity contribution is -0.121. The first-order valence-corrected chi connectivity index (χ1v) is 12.8. The molecule has 0 saturated heterocycles. The number of aryl methyl sites for hydroxylation is 1. The number of ether oxygens (including phenoxy) is 1. The molecule has 0 saturated carbocycles. The van der Waals surface area contributed by atoms with Gasteiger partial charge in [-0.2, -0.15) is 4.31 Å². The summed E-state index contributed by atoms with van der Waals surface area (Å²) in [5.41, 5.74) is 3.05. The van der Waals surface area contributed by atoms with Crippen molar-refractivity contribution in [2.45, 2.75) is 49.4 Å². The first kappa shape index (κ1) is 25.2. The van der Waals surface area contributed by atoms with E-state index in [0.29, 0.717) is 0 Å². The molecule has 170 valence electrons. The second kappa shape index (κ2) is 10.5. The quantitative estimate of drug-likeness (QED) is 0.559. The Kier molecular flexibility index (Phi) is 8.57. The lowest BCUT2D eigenvalue weighted by atomic mass is 9.93. The Hall–Kier alpha value is -2.03. The molecule has 2 aromatic carbocycles. The number of nitrogens with zero attached hydrogens (tertiary/aromatic N) is 1. The Morgan fingerprint density at radius 1 is 1.13 bits per heavy atom. The van der Waals surface area contributed by atoms with E-state index in [2.05, 4.69) is 25.2 Å². The Morgan fingerprint density at radius 3 is 2.26 bits per heavy atom. The van der Waals surface area contributed by atoms with Crippen LogP contribution in [0.3, 0.4) is 0 Å². The molecule has 0 fully saturated rings. The van der Waals surface area contributed by atoms with Crippen LogP contribution in [-0.4, -0.2) is 45.6 Å². The predicted molar refractivity (Wildman–Crippen MR) is 126 cm³/mol. The van der Waals surface area contributed by atoms with Gasteiger partial charge in [0.1, 0.15) is 5.75 Å². The highest BCUT2D eigenvalue weighted by atomic mass is 32.2. The van der Waals surface area contributed by atoms with Crippen LogP contribution in [0.15, 0.2) is 46.2 Å². The second-order valence-corrected chi connectivity index (χ2v) is 10.8. The molecule has 2 aromatic rings. The normalized spacial score (nSPS) is 12.8. The van der Waals surface area contributed by atoms with Gasteiger partial charge >= 0.3 is 0 Å². The lowest BCUT2D eigenvalue weighted by Crippen LogP contribution is -2.39. The molecule has 0 spiro atoms. The molecule has 0 aliphatic carbocycles. The summed E-state index contributed by atoms with van der Waals surface area (Å²) >= 11 is 1.54. The minimum absolute atomic E-state index is 0.168. The van der Waals surface area contributed by atoms with Crippen LogP contribution in [0.1, 0.15) is 49.4 Å². The molecule has 0 aliphatic rings. The van der Waals surface area contributed by atoms with Crippen LogP contribution in [0.5, 0.6) is 5.75 Å². The van der Waals surface area contributed by atoms with Gasteiger partial charge in [0, 0.05) is 11.9 Å². The molecule has 0 bridgehead atoms. The van der Waals surface area contributed by atoms with Crippen LogP contribution in [-0.2, 0) is 14.8 Å². The maximum absolute atomic E-state index is 12.8. The van der Waals surface area contributed by atoms with E-state index in [0.717, 1.165) is 31.6 Å². The average molecular weight is 465 g/mol. The van der Waals surface area contributed by atoms with E-state index in [1.807, 2.05) is 26.2 Å². The summed E-state index contributed by atoms with van der Waals surface area (Å²) in [4.78, 5) is 13.8. The van der Waals surface area contributed by atoms with Crippen LogP contribution in [0.4, 0.5) is 0 Å². The van der Waals surface area contributed by atoms with E-state index in [1.54, 1.807) is 31.4 Å². The molecule has 0 aromatic heterocycles. The zero-order valence-electron chi connectivity index (χ0n) is 19.2.